The molecule has 1 aromatic carbocycles. The number of nitrogens with zero attached hydrogens (tertiary/aromatic N) is 3. The summed E-state index contributed by atoms with van der Waals surface area (Å²) in [6.07, 6.45) is 5.06. The Labute approximate surface area is 120 Å². The predicted octanol–water partition coefficient (Wildman–Crippen LogP) is 3.15. The second-order valence-corrected chi connectivity index (χ2v) is 4.50. The maximum Gasteiger partial charge on any atom is 0.295 e. The quantitative estimate of drug-likeness (QED) is 0.586. The Balaban J connectivity index is 1.96. The molecule has 0 aliphatic rings. The summed E-state index contributed by atoms with van der Waals surface area (Å²) in [6.45, 7) is 0.593. The van der Waals surface area contributed by atoms with E-state index in [0.717, 1.165) is 16.6 Å². The van der Waals surface area contributed by atoms with E-state index in [1.165, 1.54) is 6.07 Å². The van der Waals surface area contributed by atoms with Gasteiger partial charge in [-0.15, -0.1) is 0 Å². The van der Waals surface area contributed by atoms with Crippen molar-refractivity contribution in [2.24, 2.45) is 0 Å². The number of pyridine rings is 2. The zero-order valence-electron chi connectivity index (χ0n) is 11.1. The van der Waals surface area contributed by atoms with Crippen molar-refractivity contribution in [3.8, 4) is 0 Å². The maximum atomic E-state index is 11.0. The Bertz CT molecular complexity index is 790. The fraction of sp³-hybridized carbons (Fsp3) is 0.0667. The van der Waals surface area contributed by atoms with Crippen molar-refractivity contribution in [3.63, 3.8) is 0 Å². The number of fused-ring (bicyclic) bond motifs is 1. The van der Waals surface area contributed by atoms with Gasteiger partial charge in [-0.3, -0.25) is 15.1 Å². The van der Waals surface area contributed by atoms with Crippen LogP contribution in [0.1, 0.15) is 5.56 Å². The van der Waals surface area contributed by atoms with Gasteiger partial charge in [-0.25, -0.2) is 4.98 Å². The van der Waals surface area contributed by atoms with E-state index in [9.17, 15) is 10.1 Å². The number of anilines is 1. The van der Waals surface area contributed by atoms with Gasteiger partial charge >= 0.3 is 0 Å². The Kier molecular flexibility index (Phi) is 3.42. The third-order valence-corrected chi connectivity index (χ3v) is 3.15. The molecular formula is C15H12N4O2. The van der Waals surface area contributed by atoms with Crippen LogP contribution in [0.25, 0.3) is 10.9 Å². The van der Waals surface area contributed by atoms with Gasteiger partial charge in [0, 0.05) is 42.3 Å². The van der Waals surface area contributed by atoms with Crippen LogP contribution in [0.2, 0.25) is 0 Å². The number of hydrogen-bond donors (Lipinski definition) is 1. The fourth-order valence-electron chi connectivity index (χ4n) is 2.16. The van der Waals surface area contributed by atoms with Crippen molar-refractivity contribution in [2.75, 3.05) is 5.32 Å². The van der Waals surface area contributed by atoms with E-state index in [1.807, 2.05) is 24.3 Å². The van der Waals surface area contributed by atoms with E-state index in [2.05, 4.69) is 15.3 Å². The number of rotatable bonds is 4. The zero-order valence-corrected chi connectivity index (χ0v) is 11.1. The Hall–Kier alpha value is -3.02. The third-order valence-electron chi connectivity index (χ3n) is 3.15. The fourth-order valence-corrected chi connectivity index (χ4v) is 2.16. The summed E-state index contributed by atoms with van der Waals surface area (Å²) in [5.74, 6) is 0. The minimum absolute atomic E-state index is 0.0116. The highest BCUT2D eigenvalue weighted by molar-refractivity contribution is 5.96. The Morgan fingerprint density at radius 1 is 1.14 bits per heavy atom. The van der Waals surface area contributed by atoms with Gasteiger partial charge in [0.15, 0.2) is 0 Å². The molecule has 1 N–H and O–H groups in total. The van der Waals surface area contributed by atoms with E-state index < -0.39 is 4.92 Å². The summed E-state index contributed by atoms with van der Waals surface area (Å²) in [7, 11) is 0. The van der Waals surface area contributed by atoms with Crippen molar-refractivity contribution >= 4 is 22.3 Å². The van der Waals surface area contributed by atoms with Gasteiger partial charge in [-0.05, 0) is 17.7 Å². The molecule has 0 aliphatic heterocycles. The number of aromatic nitrogens is 2. The van der Waals surface area contributed by atoms with Crippen LogP contribution in [0.3, 0.4) is 0 Å². The molecule has 6 heteroatoms. The number of para-hydroxylation sites is 1. The molecule has 0 bridgehead atoms. The molecule has 0 unspecified atom stereocenters. The van der Waals surface area contributed by atoms with Gasteiger partial charge in [0.2, 0.25) is 0 Å². The normalized spacial score (nSPS) is 10.5. The van der Waals surface area contributed by atoms with Gasteiger partial charge in [-0.1, -0.05) is 18.2 Å². The zero-order chi connectivity index (χ0) is 14.7. The maximum absolute atomic E-state index is 11.0. The second kappa shape index (κ2) is 5.54. The molecule has 0 amide bonds. The summed E-state index contributed by atoms with van der Waals surface area (Å²) in [4.78, 5) is 18.8. The minimum atomic E-state index is -0.416. The van der Waals surface area contributed by atoms with Crippen LogP contribution in [0.4, 0.5) is 11.4 Å². The predicted molar refractivity (Wildman–Crippen MR) is 80.0 cm³/mol. The molecule has 21 heavy (non-hydrogen) atoms. The number of non-ortho nitro benzene ring substituents is 1. The van der Waals surface area contributed by atoms with E-state index in [0.29, 0.717) is 12.1 Å². The summed E-state index contributed by atoms with van der Waals surface area (Å²) >= 11 is 0. The molecule has 0 atom stereocenters. The number of nitro benzene ring substituents is 1. The molecule has 0 saturated carbocycles. The first-order valence-corrected chi connectivity index (χ1v) is 6.40. The lowest BCUT2D eigenvalue weighted by Gasteiger charge is -2.09. The van der Waals surface area contributed by atoms with Crippen LogP contribution in [0.15, 0.2) is 55.0 Å². The monoisotopic (exact) mass is 280 g/mol. The molecule has 3 aromatic rings. The second-order valence-electron chi connectivity index (χ2n) is 4.50. The average molecular weight is 280 g/mol. The molecule has 104 valence electrons. The largest absolute Gasteiger partial charge is 0.380 e. The van der Waals surface area contributed by atoms with Gasteiger partial charge in [0.05, 0.1) is 4.92 Å². The van der Waals surface area contributed by atoms with Gasteiger partial charge < -0.3 is 5.32 Å². The van der Waals surface area contributed by atoms with Crippen molar-refractivity contribution in [1.29, 1.82) is 0 Å². The summed E-state index contributed by atoms with van der Waals surface area (Å²) in [6, 6.07) is 10.6. The third kappa shape index (κ3) is 2.64. The molecular weight excluding hydrogens is 268 g/mol. The lowest BCUT2D eigenvalue weighted by molar-refractivity contribution is -0.383. The Morgan fingerprint density at radius 2 is 2.05 bits per heavy atom. The van der Waals surface area contributed by atoms with Crippen molar-refractivity contribution in [3.05, 3.63) is 70.7 Å². The van der Waals surface area contributed by atoms with Crippen LogP contribution in [-0.2, 0) is 6.54 Å². The highest BCUT2D eigenvalue weighted by atomic mass is 16.6. The first-order valence-electron chi connectivity index (χ1n) is 6.40. The molecule has 0 aliphatic carbocycles. The summed E-state index contributed by atoms with van der Waals surface area (Å²) in [5, 5.41) is 15.0. The molecule has 2 heterocycles. The topological polar surface area (TPSA) is 81.0 Å². The summed E-state index contributed by atoms with van der Waals surface area (Å²) < 4.78 is 0. The SMILES string of the molecule is O=[N+]([O-])c1cccc2c(NCc3cccnc3)ccnc12. The van der Waals surface area contributed by atoms with Crippen LogP contribution in [0.5, 0.6) is 0 Å². The number of benzene rings is 1. The lowest BCUT2D eigenvalue weighted by atomic mass is 10.1. The van der Waals surface area contributed by atoms with Gasteiger partial charge in [0.1, 0.15) is 5.52 Å². The van der Waals surface area contributed by atoms with Crippen LogP contribution in [0, 0.1) is 10.1 Å². The van der Waals surface area contributed by atoms with E-state index in [1.54, 1.807) is 24.7 Å². The van der Waals surface area contributed by atoms with Gasteiger partial charge in [0.25, 0.3) is 5.69 Å². The molecule has 2 aromatic heterocycles. The molecule has 6 nitrogen and oxygen atoms in total. The number of nitrogens with one attached hydrogen (secondary N) is 1. The van der Waals surface area contributed by atoms with Crippen molar-refractivity contribution in [1.82, 2.24) is 9.97 Å². The lowest BCUT2D eigenvalue weighted by Crippen LogP contribution is -2.01. The van der Waals surface area contributed by atoms with Crippen LogP contribution >= 0.6 is 0 Å². The van der Waals surface area contributed by atoms with Crippen LogP contribution < -0.4 is 5.32 Å². The molecule has 0 spiro atoms. The van der Waals surface area contributed by atoms with E-state index >= 15 is 0 Å². The number of nitro groups is 1. The van der Waals surface area contributed by atoms with Crippen LogP contribution in [-0.4, -0.2) is 14.9 Å². The minimum Gasteiger partial charge on any atom is -0.380 e. The molecule has 0 saturated heterocycles. The standard InChI is InChI=1S/C15H12N4O2/c20-19(21)14-5-1-4-12-13(6-8-17-15(12)14)18-10-11-3-2-7-16-9-11/h1-9H,10H2,(H,17,18). The average Bonchev–Trinajstić information content (AvgIpc) is 2.53. The van der Waals surface area contributed by atoms with Crippen molar-refractivity contribution in [2.45, 2.75) is 6.54 Å². The van der Waals surface area contributed by atoms with E-state index in [-0.39, 0.29) is 5.69 Å². The highest BCUT2D eigenvalue weighted by Gasteiger charge is 2.14. The van der Waals surface area contributed by atoms with E-state index in [4.69, 9.17) is 0 Å². The highest BCUT2D eigenvalue weighted by Crippen LogP contribution is 2.28. The summed E-state index contributed by atoms with van der Waals surface area (Å²) in [5.41, 5.74) is 2.25. The first kappa shape index (κ1) is 13.0. The first-order chi connectivity index (χ1) is 10.3. The molecule has 3 rings (SSSR count). The molecule has 0 fully saturated rings. The van der Waals surface area contributed by atoms with Crippen molar-refractivity contribution < 1.29 is 4.92 Å². The Morgan fingerprint density at radius 3 is 2.81 bits per heavy atom. The number of hydrogen-bond acceptors (Lipinski definition) is 5. The smallest absolute Gasteiger partial charge is 0.295 e. The van der Waals surface area contributed by atoms with Gasteiger partial charge in [-0.2, -0.15) is 0 Å². The molecule has 0 radical (unpaired) electrons.